The van der Waals surface area contributed by atoms with Crippen LogP contribution in [0.2, 0.25) is 0 Å². The Morgan fingerprint density at radius 1 is 1.27 bits per heavy atom. The number of aromatic nitrogens is 1. The third-order valence-corrected chi connectivity index (χ3v) is 3.30. The van der Waals surface area contributed by atoms with Gasteiger partial charge in [-0.3, -0.25) is 0 Å². The molecule has 0 aliphatic carbocycles. The number of nitrogens with zero attached hydrogens (tertiary/aromatic N) is 1. The van der Waals surface area contributed by atoms with Crippen LogP contribution >= 0.6 is 11.3 Å². The Morgan fingerprint density at radius 3 is 2.40 bits per heavy atom. The number of benzene rings is 1. The van der Waals surface area contributed by atoms with Crippen molar-refractivity contribution < 1.29 is 0 Å². The minimum Gasteiger partial charge on any atom is -0.305 e. The second kappa shape index (κ2) is 3.95. The number of hydrogen-bond donors (Lipinski definition) is 1. The average molecular weight is 216 g/mol. The van der Waals surface area contributed by atoms with Crippen LogP contribution in [-0.2, 0) is 0 Å². The van der Waals surface area contributed by atoms with Gasteiger partial charge in [0.1, 0.15) is 0 Å². The maximum atomic E-state index is 7.51. The maximum absolute atomic E-state index is 7.51. The van der Waals surface area contributed by atoms with Crippen molar-refractivity contribution in [1.82, 2.24) is 4.98 Å². The van der Waals surface area contributed by atoms with Gasteiger partial charge in [0, 0.05) is 5.71 Å². The van der Waals surface area contributed by atoms with Crippen molar-refractivity contribution in [1.29, 1.82) is 5.41 Å². The zero-order chi connectivity index (χ0) is 10.8. The molecule has 1 aromatic carbocycles. The third kappa shape index (κ3) is 1.97. The Hall–Kier alpha value is -1.48. The van der Waals surface area contributed by atoms with Crippen molar-refractivity contribution in [3.63, 3.8) is 0 Å². The number of thiazole rings is 1. The fourth-order valence-electron chi connectivity index (χ4n) is 1.45. The predicted octanol–water partition coefficient (Wildman–Crippen LogP) is 3.51. The molecule has 2 nitrogen and oxygen atoms in total. The molecule has 0 radical (unpaired) electrons. The van der Waals surface area contributed by atoms with Crippen molar-refractivity contribution in [2.45, 2.75) is 13.8 Å². The molecule has 0 saturated heterocycles. The van der Waals surface area contributed by atoms with Crippen LogP contribution in [-0.4, -0.2) is 10.7 Å². The summed E-state index contributed by atoms with van der Waals surface area (Å²) < 4.78 is 0. The summed E-state index contributed by atoms with van der Waals surface area (Å²) in [5.41, 5.74) is 5.68. The Balaban J connectivity index is 2.40. The minimum absolute atomic E-state index is 0.600. The first-order valence-electron chi connectivity index (χ1n) is 4.74. The van der Waals surface area contributed by atoms with Gasteiger partial charge in [-0.25, -0.2) is 4.98 Å². The Labute approximate surface area is 93.1 Å². The molecular weight excluding hydrogens is 204 g/mol. The van der Waals surface area contributed by atoms with Gasteiger partial charge in [-0.15, -0.1) is 11.3 Å². The number of nitrogens with one attached hydrogen (secondary N) is 1. The lowest BCUT2D eigenvalue weighted by molar-refractivity contribution is 1.27. The van der Waals surface area contributed by atoms with E-state index in [4.69, 9.17) is 5.41 Å². The Morgan fingerprint density at radius 2 is 1.93 bits per heavy atom. The van der Waals surface area contributed by atoms with E-state index in [0.717, 1.165) is 11.3 Å². The van der Waals surface area contributed by atoms with Crippen LogP contribution in [0.1, 0.15) is 18.2 Å². The molecule has 0 aliphatic rings. The van der Waals surface area contributed by atoms with Gasteiger partial charge in [0.25, 0.3) is 0 Å². The smallest absolute Gasteiger partial charge is 0.0801 e. The SMILES string of the molecule is CC(=N)c1ccc(-c2scnc2C)cc1. The molecule has 0 fully saturated rings. The van der Waals surface area contributed by atoms with Crippen LogP contribution in [0.15, 0.2) is 29.8 Å². The van der Waals surface area contributed by atoms with Gasteiger partial charge >= 0.3 is 0 Å². The summed E-state index contributed by atoms with van der Waals surface area (Å²) in [4.78, 5) is 5.44. The molecule has 0 aliphatic heterocycles. The van der Waals surface area contributed by atoms with E-state index in [2.05, 4.69) is 4.98 Å². The quantitative estimate of drug-likeness (QED) is 0.766. The van der Waals surface area contributed by atoms with Gasteiger partial charge in [-0.2, -0.15) is 0 Å². The molecule has 1 N–H and O–H groups in total. The molecule has 0 amide bonds. The van der Waals surface area contributed by atoms with Crippen LogP contribution in [0, 0.1) is 12.3 Å². The lowest BCUT2D eigenvalue weighted by Gasteiger charge is -2.01. The van der Waals surface area contributed by atoms with Crippen molar-refractivity contribution in [2.75, 3.05) is 0 Å². The molecule has 2 aromatic rings. The van der Waals surface area contributed by atoms with E-state index in [0.29, 0.717) is 5.71 Å². The van der Waals surface area contributed by atoms with E-state index < -0.39 is 0 Å². The number of rotatable bonds is 2. The third-order valence-electron chi connectivity index (χ3n) is 2.33. The summed E-state index contributed by atoms with van der Waals surface area (Å²) >= 11 is 1.65. The van der Waals surface area contributed by atoms with Crippen LogP contribution in [0.5, 0.6) is 0 Å². The highest BCUT2D eigenvalue weighted by atomic mass is 32.1. The maximum Gasteiger partial charge on any atom is 0.0801 e. The van der Waals surface area contributed by atoms with E-state index in [-0.39, 0.29) is 0 Å². The number of hydrogen-bond acceptors (Lipinski definition) is 3. The van der Waals surface area contributed by atoms with Crippen molar-refractivity contribution >= 4 is 17.0 Å². The lowest BCUT2D eigenvalue weighted by Crippen LogP contribution is -1.90. The van der Waals surface area contributed by atoms with Crippen LogP contribution < -0.4 is 0 Å². The summed E-state index contributed by atoms with van der Waals surface area (Å²) in [7, 11) is 0. The van der Waals surface area contributed by atoms with Crippen LogP contribution in [0.25, 0.3) is 10.4 Å². The molecule has 0 spiro atoms. The largest absolute Gasteiger partial charge is 0.305 e. The lowest BCUT2D eigenvalue weighted by atomic mass is 10.1. The summed E-state index contributed by atoms with van der Waals surface area (Å²) in [5, 5.41) is 7.51. The first-order valence-corrected chi connectivity index (χ1v) is 5.62. The second-order valence-electron chi connectivity index (χ2n) is 3.47. The zero-order valence-corrected chi connectivity index (χ0v) is 9.56. The highest BCUT2D eigenvalue weighted by Crippen LogP contribution is 2.27. The molecule has 0 saturated carbocycles. The Kier molecular flexibility index (Phi) is 2.64. The normalized spacial score (nSPS) is 10.3. The first kappa shape index (κ1) is 10.1. The van der Waals surface area contributed by atoms with Gasteiger partial charge in [0.2, 0.25) is 0 Å². The molecule has 76 valence electrons. The van der Waals surface area contributed by atoms with E-state index in [1.165, 1.54) is 10.4 Å². The van der Waals surface area contributed by atoms with E-state index in [1.54, 1.807) is 18.3 Å². The molecule has 1 aromatic heterocycles. The molecule has 3 heteroatoms. The Bertz CT molecular complexity index is 483. The van der Waals surface area contributed by atoms with Crippen molar-refractivity contribution in [2.24, 2.45) is 0 Å². The molecule has 1 heterocycles. The average Bonchev–Trinajstić information content (AvgIpc) is 2.65. The van der Waals surface area contributed by atoms with Gasteiger partial charge in [0.05, 0.1) is 16.1 Å². The van der Waals surface area contributed by atoms with Gasteiger partial charge in [0.15, 0.2) is 0 Å². The van der Waals surface area contributed by atoms with Crippen LogP contribution in [0.4, 0.5) is 0 Å². The van der Waals surface area contributed by atoms with E-state index in [1.807, 2.05) is 36.7 Å². The van der Waals surface area contributed by atoms with Crippen molar-refractivity contribution in [3.05, 3.63) is 41.0 Å². The standard InChI is InChI=1S/C12H12N2S/c1-8(13)10-3-5-11(6-4-10)12-9(2)14-7-15-12/h3-7,13H,1-2H3. The highest BCUT2D eigenvalue weighted by Gasteiger charge is 2.04. The molecule has 0 atom stereocenters. The van der Waals surface area contributed by atoms with Gasteiger partial charge < -0.3 is 5.41 Å². The highest BCUT2D eigenvalue weighted by molar-refractivity contribution is 7.13. The number of aryl methyl sites for hydroxylation is 1. The monoisotopic (exact) mass is 216 g/mol. The van der Waals surface area contributed by atoms with Crippen LogP contribution in [0.3, 0.4) is 0 Å². The summed E-state index contributed by atoms with van der Waals surface area (Å²) in [6, 6.07) is 8.06. The van der Waals surface area contributed by atoms with E-state index >= 15 is 0 Å². The fraction of sp³-hybridized carbons (Fsp3) is 0.167. The fourth-order valence-corrected chi connectivity index (χ4v) is 2.26. The van der Waals surface area contributed by atoms with Crippen molar-refractivity contribution in [3.8, 4) is 10.4 Å². The molecular formula is C12H12N2S. The summed E-state index contributed by atoms with van der Waals surface area (Å²) in [6.07, 6.45) is 0. The van der Waals surface area contributed by atoms with Gasteiger partial charge in [-0.1, -0.05) is 24.3 Å². The molecule has 15 heavy (non-hydrogen) atoms. The van der Waals surface area contributed by atoms with Gasteiger partial charge in [-0.05, 0) is 25.0 Å². The first-order chi connectivity index (χ1) is 7.18. The summed E-state index contributed by atoms with van der Waals surface area (Å²) in [5.74, 6) is 0. The molecule has 0 unspecified atom stereocenters. The molecule has 0 bridgehead atoms. The zero-order valence-electron chi connectivity index (χ0n) is 8.74. The minimum atomic E-state index is 0.600. The topological polar surface area (TPSA) is 36.7 Å². The second-order valence-corrected chi connectivity index (χ2v) is 4.32. The summed E-state index contributed by atoms with van der Waals surface area (Å²) in [6.45, 7) is 3.81. The van der Waals surface area contributed by atoms with E-state index in [9.17, 15) is 0 Å². The predicted molar refractivity (Wildman–Crippen MR) is 64.8 cm³/mol. The molecule has 2 rings (SSSR count).